The zero-order valence-corrected chi connectivity index (χ0v) is 10.9. The van der Waals surface area contributed by atoms with E-state index in [1.165, 1.54) is 5.57 Å². The van der Waals surface area contributed by atoms with Crippen LogP contribution in [-0.4, -0.2) is 5.78 Å². The van der Waals surface area contributed by atoms with Crippen LogP contribution in [0, 0.1) is 0 Å². The van der Waals surface area contributed by atoms with Crippen LogP contribution in [0.2, 0.25) is 0 Å². The van der Waals surface area contributed by atoms with Crippen molar-refractivity contribution in [1.29, 1.82) is 0 Å². The van der Waals surface area contributed by atoms with Gasteiger partial charge in [0.1, 0.15) is 0 Å². The topological polar surface area (TPSA) is 17.1 Å². The van der Waals surface area contributed by atoms with Gasteiger partial charge < -0.3 is 0 Å². The normalized spacial score (nSPS) is 11.9. The Labute approximate surface area is 99.9 Å². The molecular formula is C15H24O. The number of carbonyl (C=O) groups is 1. The molecule has 0 spiro atoms. The molecule has 16 heavy (non-hydrogen) atoms. The van der Waals surface area contributed by atoms with Crippen LogP contribution in [0.3, 0.4) is 0 Å². The quantitative estimate of drug-likeness (QED) is 0.431. The van der Waals surface area contributed by atoms with Crippen LogP contribution < -0.4 is 0 Å². The SMILES string of the molecule is C=CC/C(CCC)=C(/CCC)C(=O)C(=C)C. The maximum atomic E-state index is 12.0. The summed E-state index contributed by atoms with van der Waals surface area (Å²) in [6, 6.07) is 0. The summed E-state index contributed by atoms with van der Waals surface area (Å²) >= 11 is 0. The molecule has 0 aromatic rings. The fourth-order valence-corrected chi connectivity index (χ4v) is 1.81. The summed E-state index contributed by atoms with van der Waals surface area (Å²) in [5, 5.41) is 0. The van der Waals surface area contributed by atoms with Crippen molar-refractivity contribution >= 4 is 5.78 Å². The molecule has 0 saturated carbocycles. The van der Waals surface area contributed by atoms with Gasteiger partial charge in [0.05, 0.1) is 0 Å². The van der Waals surface area contributed by atoms with Crippen molar-refractivity contribution in [2.75, 3.05) is 0 Å². The van der Waals surface area contributed by atoms with Crippen molar-refractivity contribution in [3.63, 3.8) is 0 Å². The molecule has 0 aromatic carbocycles. The molecule has 0 heterocycles. The minimum Gasteiger partial charge on any atom is -0.289 e. The Bertz CT molecular complexity index is 295. The van der Waals surface area contributed by atoms with E-state index in [1.54, 1.807) is 6.92 Å². The first-order valence-corrected chi connectivity index (χ1v) is 6.10. The summed E-state index contributed by atoms with van der Waals surface area (Å²) in [6.07, 6.45) is 6.61. The molecule has 0 saturated heterocycles. The predicted octanol–water partition coefficient (Wildman–Crippen LogP) is 4.60. The highest BCUT2D eigenvalue weighted by Gasteiger charge is 2.13. The highest BCUT2D eigenvalue weighted by molar-refractivity contribution is 6.07. The Hall–Kier alpha value is -1.11. The number of carbonyl (C=O) groups excluding carboxylic acids is 1. The fraction of sp³-hybridized carbons (Fsp3) is 0.533. The zero-order valence-electron chi connectivity index (χ0n) is 10.9. The molecule has 0 N–H and O–H groups in total. The van der Waals surface area contributed by atoms with E-state index in [9.17, 15) is 4.79 Å². The van der Waals surface area contributed by atoms with Crippen molar-refractivity contribution < 1.29 is 4.79 Å². The molecule has 0 bridgehead atoms. The number of Topliss-reactive ketones (excluding diaryl/α,β-unsaturated/α-hetero) is 1. The summed E-state index contributed by atoms with van der Waals surface area (Å²) in [5.41, 5.74) is 2.85. The Kier molecular flexibility index (Phi) is 7.53. The molecule has 0 unspecified atom stereocenters. The Balaban J connectivity index is 5.18. The number of ketones is 1. The van der Waals surface area contributed by atoms with Crippen LogP contribution in [0.25, 0.3) is 0 Å². The third-order valence-corrected chi connectivity index (χ3v) is 2.53. The Morgan fingerprint density at radius 1 is 1.19 bits per heavy atom. The first-order valence-electron chi connectivity index (χ1n) is 6.10. The van der Waals surface area contributed by atoms with Crippen LogP contribution in [-0.2, 0) is 4.79 Å². The summed E-state index contributed by atoms with van der Waals surface area (Å²) < 4.78 is 0. The molecule has 1 heteroatoms. The van der Waals surface area contributed by atoms with Crippen molar-refractivity contribution in [3.05, 3.63) is 36.0 Å². The van der Waals surface area contributed by atoms with Crippen LogP contribution in [0.5, 0.6) is 0 Å². The van der Waals surface area contributed by atoms with Crippen LogP contribution in [0.4, 0.5) is 0 Å². The van der Waals surface area contributed by atoms with E-state index in [1.807, 2.05) is 6.08 Å². The van der Waals surface area contributed by atoms with E-state index in [2.05, 4.69) is 27.0 Å². The second kappa shape index (κ2) is 8.09. The minimum atomic E-state index is 0.132. The summed E-state index contributed by atoms with van der Waals surface area (Å²) in [5.74, 6) is 0.132. The number of hydrogen-bond donors (Lipinski definition) is 0. The third-order valence-electron chi connectivity index (χ3n) is 2.53. The Morgan fingerprint density at radius 3 is 2.12 bits per heavy atom. The van der Waals surface area contributed by atoms with Gasteiger partial charge in [-0.2, -0.15) is 0 Å². The number of allylic oxidation sites excluding steroid dienone is 4. The van der Waals surface area contributed by atoms with E-state index in [-0.39, 0.29) is 5.78 Å². The smallest absolute Gasteiger partial charge is 0.184 e. The monoisotopic (exact) mass is 220 g/mol. The van der Waals surface area contributed by atoms with Gasteiger partial charge in [0.2, 0.25) is 0 Å². The predicted molar refractivity (Wildman–Crippen MR) is 71.5 cm³/mol. The van der Waals surface area contributed by atoms with E-state index in [0.717, 1.165) is 37.7 Å². The number of rotatable bonds is 8. The first kappa shape index (κ1) is 14.9. The maximum absolute atomic E-state index is 12.0. The molecule has 0 fully saturated rings. The molecule has 1 nitrogen and oxygen atoms in total. The standard InChI is InChI=1S/C15H24O/c1-6-9-13(10-7-2)14(11-8-3)15(16)12(4)5/h6H,1,4,7-11H2,2-3,5H3/b14-13+. The molecule has 90 valence electrons. The average Bonchev–Trinajstić information content (AvgIpc) is 2.24. The van der Waals surface area contributed by atoms with Gasteiger partial charge in [-0.15, -0.1) is 6.58 Å². The van der Waals surface area contributed by atoms with E-state index in [4.69, 9.17) is 0 Å². The second-order valence-electron chi connectivity index (χ2n) is 4.18. The molecular weight excluding hydrogens is 196 g/mol. The van der Waals surface area contributed by atoms with Gasteiger partial charge in [-0.1, -0.05) is 44.9 Å². The highest BCUT2D eigenvalue weighted by atomic mass is 16.1. The van der Waals surface area contributed by atoms with Gasteiger partial charge in [0.15, 0.2) is 5.78 Å². The van der Waals surface area contributed by atoms with Crippen molar-refractivity contribution in [1.82, 2.24) is 0 Å². The lowest BCUT2D eigenvalue weighted by Crippen LogP contribution is -2.07. The average molecular weight is 220 g/mol. The van der Waals surface area contributed by atoms with Crippen LogP contribution in [0.1, 0.15) is 52.9 Å². The summed E-state index contributed by atoms with van der Waals surface area (Å²) in [7, 11) is 0. The van der Waals surface area contributed by atoms with Gasteiger partial charge >= 0.3 is 0 Å². The first-order chi connectivity index (χ1) is 7.58. The van der Waals surface area contributed by atoms with Crippen molar-refractivity contribution in [3.8, 4) is 0 Å². The molecule has 0 aromatic heterocycles. The maximum Gasteiger partial charge on any atom is 0.184 e. The lowest BCUT2D eigenvalue weighted by molar-refractivity contribution is -0.112. The second-order valence-corrected chi connectivity index (χ2v) is 4.18. The zero-order chi connectivity index (χ0) is 12.6. The van der Waals surface area contributed by atoms with Gasteiger partial charge in [0, 0.05) is 0 Å². The van der Waals surface area contributed by atoms with Gasteiger partial charge in [0.25, 0.3) is 0 Å². The summed E-state index contributed by atoms with van der Waals surface area (Å²) in [6.45, 7) is 13.5. The third kappa shape index (κ3) is 4.61. The minimum absolute atomic E-state index is 0.132. The van der Waals surface area contributed by atoms with E-state index < -0.39 is 0 Å². The molecule has 0 aliphatic rings. The van der Waals surface area contributed by atoms with E-state index in [0.29, 0.717) is 5.57 Å². The van der Waals surface area contributed by atoms with Crippen LogP contribution in [0.15, 0.2) is 36.0 Å². The van der Waals surface area contributed by atoms with E-state index >= 15 is 0 Å². The summed E-state index contributed by atoms with van der Waals surface area (Å²) in [4.78, 5) is 12.0. The van der Waals surface area contributed by atoms with Crippen molar-refractivity contribution in [2.24, 2.45) is 0 Å². The molecule has 0 aliphatic heterocycles. The molecule has 0 atom stereocenters. The Morgan fingerprint density at radius 2 is 1.75 bits per heavy atom. The van der Waals surface area contributed by atoms with Gasteiger partial charge in [-0.25, -0.2) is 0 Å². The molecule has 0 aliphatic carbocycles. The van der Waals surface area contributed by atoms with Gasteiger partial charge in [-0.05, 0) is 37.3 Å². The molecule has 0 radical (unpaired) electrons. The van der Waals surface area contributed by atoms with Crippen LogP contribution >= 0.6 is 0 Å². The van der Waals surface area contributed by atoms with Gasteiger partial charge in [-0.3, -0.25) is 4.79 Å². The number of hydrogen-bond acceptors (Lipinski definition) is 1. The largest absolute Gasteiger partial charge is 0.289 e. The van der Waals surface area contributed by atoms with Crippen molar-refractivity contribution in [2.45, 2.75) is 52.9 Å². The lowest BCUT2D eigenvalue weighted by atomic mass is 9.92. The molecule has 0 amide bonds. The lowest BCUT2D eigenvalue weighted by Gasteiger charge is -2.12. The molecule has 0 rings (SSSR count). The highest BCUT2D eigenvalue weighted by Crippen LogP contribution is 2.22. The fourth-order valence-electron chi connectivity index (χ4n) is 1.81.